The van der Waals surface area contributed by atoms with Crippen LogP contribution < -0.4 is 4.90 Å². The lowest BCUT2D eigenvalue weighted by molar-refractivity contribution is -0.119. The van der Waals surface area contributed by atoms with Gasteiger partial charge in [0, 0.05) is 49.6 Å². The van der Waals surface area contributed by atoms with Crippen LogP contribution in [0.15, 0.2) is 224 Å². The molecule has 3 aromatic heterocycles. The van der Waals surface area contributed by atoms with Crippen LogP contribution in [0.25, 0.3) is 89.2 Å². The van der Waals surface area contributed by atoms with E-state index in [-0.39, 0.29) is 5.91 Å². The Morgan fingerprint density at radius 3 is 1.48 bits per heavy atom. The van der Waals surface area contributed by atoms with E-state index in [1.54, 1.807) is 0 Å². The molecule has 9 aromatic carbocycles. The van der Waals surface area contributed by atoms with Gasteiger partial charge in [0.2, 0.25) is 11.9 Å². The van der Waals surface area contributed by atoms with Gasteiger partial charge in [0.1, 0.15) is 0 Å². The van der Waals surface area contributed by atoms with Crippen LogP contribution in [-0.2, 0) is 11.2 Å². The maximum atomic E-state index is 15.9. The van der Waals surface area contributed by atoms with Gasteiger partial charge in [0.05, 0.1) is 33.7 Å². The van der Waals surface area contributed by atoms with E-state index < -0.39 is 5.92 Å². The van der Waals surface area contributed by atoms with Gasteiger partial charge in [-0.05, 0) is 83.8 Å². The summed E-state index contributed by atoms with van der Waals surface area (Å²) in [7, 11) is 0. The Balaban J connectivity index is 1.15. The Morgan fingerprint density at radius 1 is 0.403 bits per heavy atom. The number of carbonyl (C=O) groups is 1. The lowest BCUT2D eigenvalue weighted by Crippen LogP contribution is -2.34. The summed E-state index contributed by atoms with van der Waals surface area (Å²) in [6, 6.07) is 77.3. The van der Waals surface area contributed by atoms with Crippen LogP contribution in [0.5, 0.6) is 0 Å². The molecule has 1 atom stereocenters. The monoisotopic (exact) mass is 860 g/mol. The highest BCUT2D eigenvalue weighted by atomic mass is 16.2. The molecule has 1 amide bonds. The van der Waals surface area contributed by atoms with Gasteiger partial charge in [-0.1, -0.05) is 164 Å². The molecule has 0 fully saturated rings. The number of amides is 1. The van der Waals surface area contributed by atoms with Crippen molar-refractivity contribution in [3.63, 3.8) is 0 Å². The number of aromatic nitrogens is 5. The first-order chi connectivity index (χ1) is 33.2. The molecular formula is C60H40N6O. The molecule has 0 bridgehead atoms. The molecule has 0 saturated carbocycles. The summed E-state index contributed by atoms with van der Waals surface area (Å²) in [4.78, 5) is 33.4. The minimum absolute atomic E-state index is 0.00657. The summed E-state index contributed by atoms with van der Waals surface area (Å²) < 4.78 is 4.50. The molecule has 12 aromatic rings. The third kappa shape index (κ3) is 6.35. The van der Waals surface area contributed by atoms with E-state index in [2.05, 4.69) is 124 Å². The molecule has 67 heavy (non-hydrogen) atoms. The number of anilines is 2. The predicted molar refractivity (Wildman–Crippen MR) is 271 cm³/mol. The van der Waals surface area contributed by atoms with E-state index in [4.69, 9.17) is 15.0 Å². The van der Waals surface area contributed by atoms with E-state index in [1.807, 2.05) is 114 Å². The molecule has 7 heteroatoms. The van der Waals surface area contributed by atoms with Crippen molar-refractivity contribution in [2.45, 2.75) is 12.3 Å². The fourth-order valence-corrected chi connectivity index (χ4v) is 10.2. The number of nitrogens with zero attached hydrogens (tertiary/aromatic N) is 6. The first-order valence-electron chi connectivity index (χ1n) is 22.7. The van der Waals surface area contributed by atoms with E-state index in [0.717, 1.165) is 88.7 Å². The normalized spacial score (nSPS) is 13.8. The standard InChI is InChI=1S/C60H40N6O/c67-59-48(39-20-6-1-7-21-39)34-42-35-54-49(45-30-16-18-32-52(45)64(54)43-26-12-4-13-27-43)36-47(42)51-37-50-46-31-17-19-33-53(46)66(56(50)38-55(51)65(59)44-28-14-5-15-29-44)60-62-57(40-22-8-2-9-23-40)61-58(63-60)41-24-10-3-11-25-41/h1-33,35-38,48H,34H2. The van der Waals surface area contributed by atoms with E-state index >= 15 is 4.79 Å². The highest BCUT2D eigenvalue weighted by Crippen LogP contribution is 2.48. The third-order valence-electron chi connectivity index (χ3n) is 13.3. The Kier molecular flexibility index (Phi) is 8.99. The molecule has 7 nitrogen and oxygen atoms in total. The highest BCUT2D eigenvalue weighted by Gasteiger charge is 2.35. The Bertz CT molecular complexity index is 3790. The van der Waals surface area contributed by atoms with Crippen LogP contribution in [0, 0.1) is 0 Å². The van der Waals surface area contributed by atoms with Crippen molar-refractivity contribution < 1.29 is 4.79 Å². The molecule has 1 unspecified atom stereocenters. The molecule has 1 aliphatic rings. The second kappa shape index (κ2) is 15.6. The molecule has 0 saturated heterocycles. The van der Waals surface area contributed by atoms with Crippen molar-refractivity contribution in [2.75, 3.05) is 4.90 Å². The van der Waals surface area contributed by atoms with E-state index in [1.165, 1.54) is 5.39 Å². The van der Waals surface area contributed by atoms with Gasteiger partial charge in [0.15, 0.2) is 11.6 Å². The van der Waals surface area contributed by atoms with Gasteiger partial charge in [-0.3, -0.25) is 14.3 Å². The van der Waals surface area contributed by atoms with Crippen molar-refractivity contribution in [3.05, 3.63) is 236 Å². The minimum Gasteiger partial charge on any atom is -0.309 e. The Hall–Kier alpha value is -8.94. The number of hydrogen-bond acceptors (Lipinski definition) is 4. The SMILES string of the molecule is O=C1C(c2ccccc2)Cc2cc3c(cc2-c2cc4c5ccccc5n(-c5nc(-c6ccccc6)nc(-c6ccccc6)n5)c4cc2N1c1ccccc1)c1ccccc1n3-c1ccccc1. The summed E-state index contributed by atoms with van der Waals surface area (Å²) in [5.74, 6) is 1.13. The van der Waals surface area contributed by atoms with Gasteiger partial charge >= 0.3 is 0 Å². The first-order valence-corrected chi connectivity index (χ1v) is 22.7. The van der Waals surface area contributed by atoms with Crippen LogP contribution >= 0.6 is 0 Å². The van der Waals surface area contributed by atoms with Crippen LogP contribution in [0.2, 0.25) is 0 Å². The average molecular weight is 861 g/mol. The fraction of sp³-hybridized carbons (Fsp3) is 0.0333. The number of rotatable bonds is 6. The summed E-state index contributed by atoms with van der Waals surface area (Å²) in [6.45, 7) is 0. The molecule has 0 spiro atoms. The second-order valence-electron chi connectivity index (χ2n) is 17.1. The number of fused-ring (bicyclic) bond motifs is 9. The van der Waals surface area contributed by atoms with Crippen molar-refractivity contribution >= 4 is 60.9 Å². The number of carbonyl (C=O) groups excluding carboxylic acids is 1. The molecule has 0 N–H and O–H groups in total. The second-order valence-corrected chi connectivity index (χ2v) is 17.1. The summed E-state index contributed by atoms with van der Waals surface area (Å²) in [5.41, 5.74) is 12.6. The maximum Gasteiger partial charge on any atom is 0.239 e. The van der Waals surface area contributed by atoms with Gasteiger partial charge in [-0.25, -0.2) is 4.98 Å². The summed E-state index contributed by atoms with van der Waals surface area (Å²) in [5, 5.41) is 4.39. The molecule has 316 valence electrons. The van der Waals surface area contributed by atoms with Gasteiger partial charge in [-0.2, -0.15) is 9.97 Å². The molecule has 0 radical (unpaired) electrons. The van der Waals surface area contributed by atoms with Crippen molar-refractivity contribution in [1.29, 1.82) is 0 Å². The average Bonchev–Trinajstić information content (AvgIpc) is 3.90. The molecule has 1 aliphatic heterocycles. The number of para-hydroxylation sites is 4. The third-order valence-corrected chi connectivity index (χ3v) is 13.3. The summed E-state index contributed by atoms with van der Waals surface area (Å²) >= 11 is 0. The van der Waals surface area contributed by atoms with E-state index in [9.17, 15) is 0 Å². The van der Waals surface area contributed by atoms with Gasteiger partial charge in [-0.15, -0.1) is 0 Å². The molecule has 13 rings (SSSR count). The van der Waals surface area contributed by atoms with Crippen molar-refractivity contribution in [2.24, 2.45) is 0 Å². The molecule has 0 aliphatic carbocycles. The lowest BCUT2D eigenvalue weighted by atomic mass is 9.83. The zero-order valence-electron chi connectivity index (χ0n) is 36.2. The summed E-state index contributed by atoms with van der Waals surface area (Å²) in [6.07, 6.45) is 0.502. The Morgan fingerprint density at radius 2 is 0.881 bits per heavy atom. The zero-order chi connectivity index (χ0) is 44.4. The van der Waals surface area contributed by atoms with Crippen LogP contribution in [0.3, 0.4) is 0 Å². The topological polar surface area (TPSA) is 68.8 Å². The minimum atomic E-state index is -0.493. The Labute approximate surface area is 386 Å². The molecular weight excluding hydrogens is 821 g/mol. The zero-order valence-corrected chi connectivity index (χ0v) is 36.2. The number of hydrogen-bond donors (Lipinski definition) is 0. The fourth-order valence-electron chi connectivity index (χ4n) is 10.2. The lowest BCUT2D eigenvalue weighted by Gasteiger charge is -2.33. The van der Waals surface area contributed by atoms with E-state index in [0.29, 0.717) is 24.0 Å². The largest absolute Gasteiger partial charge is 0.309 e. The van der Waals surface area contributed by atoms with Gasteiger partial charge in [0.25, 0.3) is 0 Å². The quantitative estimate of drug-likeness (QED) is 0.167. The van der Waals surface area contributed by atoms with Crippen LogP contribution in [-0.4, -0.2) is 30.0 Å². The van der Waals surface area contributed by atoms with Crippen LogP contribution in [0.1, 0.15) is 17.0 Å². The predicted octanol–water partition coefficient (Wildman–Crippen LogP) is 14.1. The van der Waals surface area contributed by atoms with Crippen LogP contribution in [0.4, 0.5) is 11.4 Å². The highest BCUT2D eigenvalue weighted by molar-refractivity contribution is 6.17. The van der Waals surface area contributed by atoms with Crippen molar-refractivity contribution in [3.8, 4) is 45.5 Å². The maximum absolute atomic E-state index is 15.9. The molecule has 4 heterocycles. The van der Waals surface area contributed by atoms with Crippen molar-refractivity contribution in [1.82, 2.24) is 24.1 Å². The van der Waals surface area contributed by atoms with Gasteiger partial charge < -0.3 is 4.57 Å². The first kappa shape index (κ1) is 38.5. The smallest absolute Gasteiger partial charge is 0.239 e. The number of benzene rings is 9.